The molecular formula is C18H22N2O4. The van der Waals surface area contributed by atoms with Crippen LogP contribution in [0, 0.1) is 17.2 Å². The fourth-order valence-electron chi connectivity index (χ4n) is 3.09. The third-order valence-electron chi connectivity index (χ3n) is 4.04. The summed E-state index contributed by atoms with van der Waals surface area (Å²) in [6.45, 7) is 5.11. The van der Waals surface area contributed by atoms with Gasteiger partial charge < -0.3 is 15.2 Å². The molecule has 2 N–H and O–H groups in total. The number of hydrogen-bond acceptors (Lipinski definition) is 4. The Morgan fingerprint density at radius 1 is 1.38 bits per heavy atom. The van der Waals surface area contributed by atoms with Gasteiger partial charge in [0.25, 0.3) is 0 Å². The van der Waals surface area contributed by atoms with Crippen LogP contribution in [0.4, 0.5) is 4.79 Å². The molecule has 128 valence electrons. The van der Waals surface area contributed by atoms with Crippen molar-refractivity contribution in [1.82, 2.24) is 5.32 Å². The first-order valence-electron chi connectivity index (χ1n) is 7.92. The van der Waals surface area contributed by atoms with E-state index in [4.69, 9.17) is 4.74 Å². The number of benzene rings is 1. The Hall–Kier alpha value is -2.55. The van der Waals surface area contributed by atoms with Gasteiger partial charge in [0.15, 0.2) is 0 Å². The van der Waals surface area contributed by atoms with Crippen molar-refractivity contribution in [3.8, 4) is 6.07 Å². The second-order valence-electron chi connectivity index (χ2n) is 6.96. The van der Waals surface area contributed by atoms with Crippen molar-refractivity contribution in [3.63, 3.8) is 0 Å². The highest BCUT2D eigenvalue weighted by Gasteiger charge is 2.40. The van der Waals surface area contributed by atoms with Crippen molar-refractivity contribution in [2.75, 3.05) is 0 Å². The lowest BCUT2D eigenvalue weighted by molar-refractivity contribution is -0.140. The van der Waals surface area contributed by atoms with Crippen LogP contribution in [-0.2, 0) is 16.0 Å². The van der Waals surface area contributed by atoms with E-state index < -0.39 is 35.5 Å². The topological polar surface area (TPSA) is 99.4 Å². The van der Waals surface area contributed by atoms with E-state index >= 15 is 0 Å². The van der Waals surface area contributed by atoms with E-state index in [0.29, 0.717) is 6.42 Å². The monoisotopic (exact) mass is 330 g/mol. The number of carboxylic acids is 1. The van der Waals surface area contributed by atoms with Crippen LogP contribution in [0.25, 0.3) is 0 Å². The van der Waals surface area contributed by atoms with Gasteiger partial charge in [-0.05, 0) is 44.7 Å². The predicted octanol–water partition coefficient (Wildman–Crippen LogP) is 2.83. The summed E-state index contributed by atoms with van der Waals surface area (Å²) in [4.78, 5) is 23.8. The van der Waals surface area contributed by atoms with Crippen molar-refractivity contribution >= 4 is 12.1 Å². The van der Waals surface area contributed by atoms with Crippen LogP contribution in [0.1, 0.15) is 44.2 Å². The molecule has 0 saturated heterocycles. The maximum absolute atomic E-state index is 12.0. The molecule has 1 amide bonds. The number of alkyl carbamates (subject to hydrolysis) is 1. The SMILES string of the molecule is CC(C)(C)OC(=O)NC(C(=O)O)C1c2ccccc2CCC1C#N. The zero-order valence-corrected chi connectivity index (χ0v) is 14.1. The third kappa shape index (κ3) is 4.05. The van der Waals surface area contributed by atoms with E-state index in [0.717, 1.165) is 17.5 Å². The van der Waals surface area contributed by atoms with E-state index in [1.165, 1.54) is 0 Å². The number of rotatable bonds is 3. The summed E-state index contributed by atoms with van der Waals surface area (Å²) in [6.07, 6.45) is 0.497. The van der Waals surface area contributed by atoms with Crippen molar-refractivity contribution in [2.24, 2.45) is 5.92 Å². The Labute approximate surface area is 141 Å². The summed E-state index contributed by atoms with van der Waals surface area (Å²) in [5.74, 6) is -2.26. The fourth-order valence-corrected chi connectivity index (χ4v) is 3.09. The number of fused-ring (bicyclic) bond motifs is 1. The van der Waals surface area contributed by atoms with E-state index in [1.54, 1.807) is 20.8 Å². The molecule has 0 aromatic heterocycles. The number of carbonyl (C=O) groups excluding carboxylic acids is 1. The maximum Gasteiger partial charge on any atom is 0.408 e. The smallest absolute Gasteiger partial charge is 0.408 e. The summed E-state index contributed by atoms with van der Waals surface area (Å²) in [5.41, 5.74) is 1.09. The predicted molar refractivity (Wildman–Crippen MR) is 87.4 cm³/mol. The first kappa shape index (κ1) is 17.8. The minimum absolute atomic E-state index is 0.476. The number of ether oxygens (including phenoxy) is 1. The molecule has 6 heteroatoms. The van der Waals surface area contributed by atoms with Gasteiger partial charge in [0.1, 0.15) is 11.6 Å². The number of hydrogen-bond donors (Lipinski definition) is 2. The van der Waals surface area contributed by atoms with Gasteiger partial charge in [0, 0.05) is 5.92 Å². The molecule has 0 bridgehead atoms. The molecule has 1 aliphatic rings. The van der Waals surface area contributed by atoms with E-state index in [1.807, 2.05) is 24.3 Å². The third-order valence-corrected chi connectivity index (χ3v) is 4.04. The molecule has 1 aromatic carbocycles. The highest BCUT2D eigenvalue weighted by molar-refractivity contribution is 5.81. The van der Waals surface area contributed by atoms with Crippen molar-refractivity contribution < 1.29 is 19.4 Å². The summed E-state index contributed by atoms with van der Waals surface area (Å²) in [7, 11) is 0. The molecule has 3 atom stereocenters. The Bertz CT molecular complexity index is 672. The fraction of sp³-hybridized carbons (Fsp3) is 0.500. The molecule has 0 fully saturated rings. The van der Waals surface area contributed by atoms with Crippen LogP contribution in [0.5, 0.6) is 0 Å². The Kier molecular flexibility index (Phi) is 5.13. The van der Waals surface area contributed by atoms with Crippen LogP contribution in [0.15, 0.2) is 24.3 Å². The van der Waals surface area contributed by atoms with E-state index in [-0.39, 0.29) is 0 Å². The molecule has 6 nitrogen and oxygen atoms in total. The molecule has 0 heterocycles. The number of nitriles is 1. The van der Waals surface area contributed by atoms with Crippen LogP contribution in [0.2, 0.25) is 0 Å². The molecule has 1 aromatic rings. The van der Waals surface area contributed by atoms with Crippen molar-refractivity contribution in [2.45, 2.75) is 51.2 Å². The van der Waals surface area contributed by atoms with Crippen molar-refractivity contribution in [3.05, 3.63) is 35.4 Å². The van der Waals surface area contributed by atoms with Gasteiger partial charge in [0.2, 0.25) is 0 Å². The van der Waals surface area contributed by atoms with Crippen LogP contribution in [-0.4, -0.2) is 28.8 Å². The Morgan fingerprint density at radius 2 is 2.04 bits per heavy atom. The Balaban J connectivity index is 2.33. The number of aryl methyl sites for hydroxylation is 1. The lowest BCUT2D eigenvalue weighted by Crippen LogP contribution is -2.49. The molecule has 24 heavy (non-hydrogen) atoms. The summed E-state index contributed by atoms with van der Waals surface area (Å²) in [5, 5.41) is 21.5. The molecule has 2 rings (SSSR count). The van der Waals surface area contributed by atoms with Gasteiger partial charge >= 0.3 is 12.1 Å². The number of nitrogens with zero attached hydrogens (tertiary/aromatic N) is 1. The normalized spacial score (nSPS) is 21.1. The lowest BCUT2D eigenvalue weighted by Gasteiger charge is -2.34. The number of amides is 1. The van der Waals surface area contributed by atoms with Crippen LogP contribution >= 0.6 is 0 Å². The second-order valence-corrected chi connectivity index (χ2v) is 6.96. The summed E-state index contributed by atoms with van der Waals surface area (Å²) < 4.78 is 5.17. The molecule has 0 spiro atoms. The quantitative estimate of drug-likeness (QED) is 0.888. The molecular weight excluding hydrogens is 308 g/mol. The molecule has 0 aliphatic heterocycles. The van der Waals surface area contributed by atoms with Gasteiger partial charge in [0.05, 0.1) is 12.0 Å². The first-order chi connectivity index (χ1) is 11.2. The highest BCUT2D eigenvalue weighted by atomic mass is 16.6. The second kappa shape index (κ2) is 6.91. The average molecular weight is 330 g/mol. The maximum atomic E-state index is 12.0. The van der Waals surface area contributed by atoms with Crippen molar-refractivity contribution in [1.29, 1.82) is 5.26 Å². The van der Waals surface area contributed by atoms with Gasteiger partial charge in [-0.25, -0.2) is 9.59 Å². The zero-order valence-electron chi connectivity index (χ0n) is 14.1. The average Bonchev–Trinajstić information content (AvgIpc) is 2.49. The minimum Gasteiger partial charge on any atom is -0.480 e. The summed E-state index contributed by atoms with van der Waals surface area (Å²) in [6, 6.07) is 8.45. The zero-order chi connectivity index (χ0) is 17.9. The van der Waals surface area contributed by atoms with E-state index in [9.17, 15) is 20.0 Å². The standard InChI is InChI=1S/C18H22N2O4/c1-18(2,3)24-17(23)20-15(16(21)22)14-12(10-19)9-8-11-6-4-5-7-13(11)14/h4-7,12,14-15H,8-9H2,1-3H3,(H,20,23)(H,21,22). The Morgan fingerprint density at radius 3 is 2.62 bits per heavy atom. The first-order valence-corrected chi connectivity index (χ1v) is 7.92. The summed E-state index contributed by atoms with van der Waals surface area (Å²) >= 11 is 0. The largest absolute Gasteiger partial charge is 0.480 e. The lowest BCUT2D eigenvalue weighted by atomic mass is 9.72. The number of aliphatic carboxylic acids is 1. The number of nitrogens with one attached hydrogen (secondary N) is 1. The van der Waals surface area contributed by atoms with Gasteiger partial charge in [-0.15, -0.1) is 0 Å². The van der Waals surface area contributed by atoms with Gasteiger partial charge in [-0.1, -0.05) is 24.3 Å². The van der Waals surface area contributed by atoms with Crippen LogP contribution in [0.3, 0.4) is 0 Å². The molecule has 0 radical (unpaired) electrons. The molecule has 3 unspecified atom stereocenters. The number of carbonyl (C=O) groups is 2. The molecule has 0 saturated carbocycles. The molecule has 1 aliphatic carbocycles. The minimum atomic E-state index is -1.22. The van der Waals surface area contributed by atoms with E-state index in [2.05, 4.69) is 11.4 Å². The van der Waals surface area contributed by atoms with Crippen LogP contribution < -0.4 is 5.32 Å². The highest BCUT2D eigenvalue weighted by Crippen LogP contribution is 2.38. The van der Waals surface area contributed by atoms with Gasteiger partial charge in [-0.3, -0.25) is 0 Å². The number of carboxylic acid groups (broad SMARTS) is 1. The van der Waals surface area contributed by atoms with Gasteiger partial charge in [-0.2, -0.15) is 5.26 Å².